The van der Waals surface area contributed by atoms with Crippen LogP contribution >= 0.6 is 22.9 Å². The molecular weight excluding hydrogens is 506 g/mol. The minimum Gasteiger partial charge on any atom is -0.477 e. The summed E-state index contributed by atoms with van der Waals surface area (Å²) in [7, 11) is 0. The summed E-state index contributed by atoms with van der Waals surface area (Å²) in [6.07, 6.45) is 5.25. The monoisotopic (exact) mass is 527 g/mol. The fourth-order valence-electron chi connectivity index (χ4n) is 3.10. The fraction of sp³-hybridized carbons (Fsp3) is 0.0870. The largest absolute Gasteiger partial charge is 0.477 e. The molecule has 1 heterocycles. The van der Waals surface area contributed by atoms with E-state index in [1.165, 1.54) is 23.5 Å². The molecular formula is C23H22ClN7O4S. The van der Waals surface area contributed by atoms with Crippen molar-refractivity contribution in [2.75, 3.05) is 10.3 Å². The van der Waals surface area contributed by atoms with Gasteiger partial charge in [0.15, 0.2) is 5.13 Å². The molecule has 3 aromatic rings. The van der Waals surface area contributed by atoms with E-state index in [0.717, 1.165) is 23.1 Å². The summed E-state index contributed by atoms with van der Waals surface area (Å²) in [4.78, 5) is 40.7. The summed E-state index contributed by atoms with van der Waals surface area (Å²) < 4.78 is 0. The quantitative estimate of drug-likeness (QED) is 0.0877. The summed E-state index contributed by atoms with van der Waals surface area (Å²) in [5.74, 6) is 8.79. The SMILES string of the molecule is N/N=C\N(N)c1ccc(Cl)cc1/C=C/C(=O)N[C@@H](Cc1ccccc1)C(=O)Nc1ncc(C(=O)O)s1. The van der Waals surface area contributed by atoms with Gasteiger partial charge in [-0.15, -0.1) is 0 Å². The molecule has 36 heavy (non-hydrogen) atoms. The first-order chi connectivity index (χ1) is 17.3. The van der Waals surface area contributed by atoms with Crippen molar-refractivity contribution in [1.29, 1.82) is 0 Å². The highest BCUT2D eigenvalue weighted by Crippen LogP contribution is 2.24. The van der Waals surface area contributed by atoms with Gasteiger partial charge in [-0.05, 0) is 29.8 Å². The number of nitrogens with one attached hydrogen (secondary N) is 2. The summed E-state index contributed by atoms with van der Waals surface area (Å²) in [5.41, 5.74) is 1.80. The molecule has 2 aromatic carbocycles. The molecule has 3 rings (SSSR count). The van der Waals surface area contributed by atoms with Crippen molar-refractivity contribution in [2.45, 2.75) is 12.5 Å². The van der Waals surface area contributed by atoms with E-state index in [1.807, 2.05) is 30.3 Å². The first-order valence-electron chi connectivity index (χ1n) is 10.4. The maximum absolute atomic E-state index is 13.0. The Bertz CT molecular complexity index is 1300. The van der Waals surface area contributed by atoms with Gasteiger partial charge in [0.2, 0.25) is 11.8 Å². The van der Waals surface area contributed by atoms with Gasteiger partial charge in [-0.25, -0.2) is 15.6 Å². The van der Waals surface area contributed by atoms with E-state index >= 15 is 0 Å². The van der Waals surface area contributed by atoms with Crippen LogP contribution in [0, 0.1) is 0 Å². The molecule has 0 radical (unpaired) electrons. The first kappa shape index (κ1) is 26.3. The number of carboxylic acids is 1. The molecule has 0 fully saturated rings. The molecule has 2 amide bonds. The molecule has 0 unspecified atom stereocenters. The number of anilines is 2. The van der Waals surface area contributed by atoms with Crippen molar-refractivity contribution in [3.05, 3.63) is 81.8 Å². The summed E-state index contributed by atoms with van der Waals surface area (Å²) in [5, 5.41) is 19.4. The number of hydrazone groups is 1. The second kappa shape index (κ2) is 12.4. The highest BCUT2D eigenvalue weighted by atomic mass is 35.5. The van der Waals surface area contributed by atoms with Crippen molar-refractivity contribution in [3.8, 4) is 0 Å². The van der Waals surface area contributed by atoms with Gasteiger partial charge in [0.05, 0.1) is 11.9 Å². The van der Waals surface area contributed by atoms with E-state index in [2.05, 4.69) is 20.7 Å². The third-order valence-corrected chi connectivity index (χ3v) is 5.87. The van der Waals surface area contributed by atoms with E-state index < -0.39 is 23.8 Å². The number of thiazole rings is 1. The zero-order valence-corrected chi connectivity index (χ0v) is 20.2. The molecule has 13 heteroatoms. The van der Waals surface area contributed by atoms with E-state index in [4.69, 9.17) is 28.4 Å². The molecule has 0 spiro atoms. The van der Waals surface area contributed by atoms with Crippen LogP contribution in [0.5, 0.6) is 0 Å². The van der Waals surface area contributed by atoms with Crippen LogP contribution in [-0.2, 0) is 16.0 Å². The van der Waals surface area contributed by atoms with Gasteiger partial charge >= 0.3 is 5.97 Å². The van der Waals surface area contributed by atoms with Gasteiger partial charge in [-0.1, -0.05) is 53.3 Å². The zero-order chi connectivity index (χ0) is 26.1. The number of nitrogens with zero attached hydrogens (tertiary/aromatic N) is 3. The van der Waals surface area contributed by atoms with Gasteiger partial charge in [0, 0.05) is 23.1 Å². The van der Waals surface area contributed by atoms with Crippen molar-refractivity contribution in [1.82, 2.24) is 10.3 Å². The van der Waals surface area contributed by atoms with Gasteiger partial charge in [0.25, 0.3) is 0 Å². The Balaban J connectivity index is 1.79. The molecule has 1 aromatic heterocycles. The number of halogens is 1. The molecule has 0 aliphatic carbocycles. The number of hydrogen-bond donors (Lipinski definition) is 5. The molecule has 11 nitrogen and oxygen atoms in total. The van der Waals surface area contributed by atoms with E-state index in [1.54, 1.807) is 18.2 Å². The number of hydrazine groups is 1. The average Bonchev–Trinajstić information content (AvgIpc) is 3.32. The molecule has 0 saturated carbocycles. The standard InChI is InChI=1S/C23H22ClN7O4S/c24-16-7-8-18(31(26)13-28-25)15(11-16)6-9-20(32)29-17(10-14-4-2-1-3-5-14)21(33)30-23-27-12-19(36-23)22(34)35/h1-9,11-13,17H,10,25-26H2,(H,29,32)(H,34,35)(H,27,30,33)/b9-6+,28-13-/t17-/m0/s1. The van der Waals surface area contributed by atoms with E-state index in [0.29, 0.717) is 16.3 Å². The van der Waals surface area contributed by atoms with Crippen LogP contribution in [0.2, 0.25) is 5.02 Å². The van der Waals surface area contributed by atoms with Crippen LogP contribution in [0.25, 0.3) is 6.08 Å². The number of carbonyl (C=O) groups excluding carboxylic acids is 2. The average molecular weight is 528 g/mol. The molecule has 0 bridgehead atoms. The number of carbonyl (C=O) groups is 3. The van der Waals surface area contributed by atoms with Gasteiger partial charge in [0.1, 0.15) is 17.3 Å². The normalized spacial score (nSPS) is 11.9. The number of carboxylic acid groups (broad SMARTS) is 1. The minimum atomic E-state index is -1.15. The summed E-state index contributed by atoms with van der Waals surface area (Å²) in [6.45, 7) is 0. The van der Waals surface area contributed by atoms with Crippen molar-refractivity contribution in [2.24, 2.45) is 16.8 Å². The van der Waals surface area contributed by atoms with E-state index in [-0.39, 0.29) is 16.4 Å². The molecule has 186 valence electrons. The smallest absolute Gasteiger partial charge is 0.347 e. The molecule has 1 atom stereocenters. The van der Waals surface area contributed by atoms with Crippen LogP contribution in [0.4, 0.5) is 10.8 Å². The third kappa shape index (κ3) is 7.37. The van der Waals surface area contributed by atoms with Crippen molar-refractivity contribution in [3.63, 3.8) is 0 Å². The van der Waals surface area contributed by atoms with Crippen LogP contribution in [0.15, 0.2) is 65.9 Å². The lowest BCUT2D eigenvalue weighted by Crippen LogP contribution is -2.44. The molecule has 0 aliphatic rings. The second-order valence-electron chi connectivity index (χ2n) is 7.28. The summed E-state index contributed by atoms with van der Waals surface area (Å²) in [6, 6.07) is 13.0. The lowest BCUT2D eigenvalue weighted by molar-refractivity contribution is -0.123. The van der Waals surface area contributed by atoms with Crippen LogP contribution in [0.3, 0.4) is 0 Å². The predicted molar refractivity (Wildman–Crippen MR) is 140 cm³/mol. The number of aromatic carboxylic acids is 1. The molecule has 7 N–H and O–H groups in total. The maximum atomic E-state index is 13.0. The maximum Gasteiger partial charge on any atom is 0.347 e. The Hall–Kier alpha value is -4.26. The van der Waals surface area contributed by atoms with E-state index in [9.17, 15) is 14.4 Å². The second-order valence-corrected chi connectivity index (χ2v) is 8.75. The number of benzene rings is 2. The van der Waals surface area contributed by atoms with Gasteiger partial charge < -0.3 is 21.6 Å². The lowest BCUT2D eigenvalue weighted by atomic mass is 10.1. The van der Waals surface area contributed by atoms with Crippen molar-refractivity contribution >= 4 is 64.0 Å². The highest BCUT2D eigenvalue weighted by molar-refractivity contribution is 7.17. The topological polar surface area (TPSA) is 176 Å². The Morgan fingerprint density at radius 3 is 2.64 bits per heavy atom. The minimum absolute atomic E-state index is 0.0252. The van der Waals surface area contributed by atoms with Crippen LogP contribution < -0.4 is 27.3 Å². The molecule has 0 saturated heterocycles. The number of rotatable bonds is 10. The molecule has 0 aliphatic heterocycles. The number of nitrogens with two attached hydrogens (primary N) is 2. The number of aromatic nitrogens is 1. The highest BCUT2D eigenvalue weighted by Gasteiger charge is 2.22. The Morgan fingerprint density at radius 2 is 1.97 bits per heavy atom. The van der Waals surface area contributed by atoms with Gasteiger partial charge in [-0.3, -0.25) is 14.6 Å². The fourth-order valence-corrected chi connectivity index (χ4v) is 3.93. The van der Waals surface area contributed by atoms with Crippen LogP contribution in [-0.4, -0.2) is 40.3 Å². The van der Waals surface area contributed by atoms with Crippen LogP contribution in [0.1, 0.15) is 20.8 Å². The zero-order valence-electron chi connectivity index (χ0n) is 18.7. The third-order valence-electron chi connectivity index (χ3n) is 4.74. The van der Waals surface area contributed by atoms with Crippen molar-refractivity contribution < 1.29 is 19.5 Å². The lowest BCUT2D eigenvalue weighted by Gasteiger charge is -2.17. The Morgan fingerprint density at radius 1 is 1.22 bits per heavy atom. The number of hydrogen-bond acceptors (Lipinski definition) is 8. The number of amides is 2. The van der Waals surface area contributed by atoms with Gasteiger partial charge in [-0.2, -0.15) is 5.10 Å². The predicted octanol–water partition coefficient (Wildman–Crippen LogP) is 2.46. The Kier molecular flexibility index (Phi) is 9.11. The Labute approximate surface area is 215 Å². The summed E-state index contributed by atoms with van der Waals surface area (Å²) >= 11 is 6.89. The first-order valence-corrected chi connectivity index (χ1v) is 11.6.